The minimum atomic E-state index is 0.562. The summed E-state index contributed by atoms with van der Waals surface area (Å²) in [5, 5.41) is 2.75. The number of hydrogen-bond acceptors (Lipinski definition) is 2. The summed E-state index contributed by atoms with van der Waals surface area (Å²) in [7, 11) is 3.75. The van der Waals surface area contributed by atoms with E-state index in [-0.39, 0.29) is 0 Å². The lowest BCUT2D eigenvalue weighted by Gasteiger charge is -2.35. The highest BCUT2D eigenvalue weighted by Crippen LogP contribution is 2.41. The molecule has 2 fully saturated rings. The van der Waals surface area contributed by atoms with Crippen LogP contribution in [0.25, 0.3) is 0 Å². The average molecular weight is 550 g/mol. The van der Waals surface area contributed by atoms with Gasteiger partial charge in [-0.3, -0.25) is 0 Å². The van der Waals surface area contributed by atoms with Crippen molar-refractivity contribution in [2.45, 2.75) is 147 Å². The van der Waals surface area contributed by atoms with Gasteiger partial charge in [-0.15, -0.1) is 6.58 Å². The summed E-state index contributed by atoms with van der Waals surface area (Å²) in [5.41, 5.74) is 1.47. The Hall–Kier alpha value is -0.600. The van der Waals surface area contributed by atoms with E-state index in [4.69, 9.17) is 4.74 Å². The Balaban J connectivity index is 0. The molecule has 0 radical (unpaired) electrons. The van der Waals surface area contributed by atoms with Crippen LogP contribution in [0, 0.1) is 53.3 Å². The third-order valence-corrected chi connectivity index (χ3v) is 9.59. The number of nitrogens with one attached hydrogen (secondary N) is 1. The monoisotopic (exact) mass is 550 g/mol. The van der Waals surface area contributed by atoms with Crippen molar-refractivity contribution in [3.8, 4) is 0 Å². The highest BCUT2D eigenvalue weighted by atomic mass is 16.5. The molecule has 2 heteroatoms. The largest absolute Gasteiger partial charge is 0.375 e. The molecule has 1 saturated carbocycles. The van der Waals surface area contributed by atoms with Crippen molar-refractivity contribution >= 4 is 0 Å². The van der Waals surface area contributed by atoms with Gasteiger partial charge in [0.1, 0.15) is 0 Å². The van der Waals surface area contributed by atoms with Crippen LogP contribution in [0.3, 0.4) is 0 Å². The van der Waals surface area contributed by atoms with Gasteiger partial charge in [0.25, 0.3) is 0 Å². The minimum Gasteiger partial charge on any atom is -0.375 e. The highest BCUT2D eigenvalue weighted by molar-refractivity contribution is 5.02. The van der Waals surface area contributed by atoms with E-state index in [1.807, 2.05) is 27.9 Å². The molecule has 1 saturated heterocycles. The number of fused-ring (bicyclic) bond motifs is 1. The number of ether oxygens (including phenoxy) is 1. The Morgan fingerprint density at radius 3 is 1.85 bits per heavy atom. The quantitative estimate of drug-likeness (QED) is 0.217. The van der Waals surface area contributed by atoms with Crippen LogP contribution in [0.4, 0.5) is 0 Å². The van der Waals surface area contributed by atoms with Crippen molar-refractivity contribution in [2.75, 3.05) is 14.1 Å². The topological polar surface area (TPSA) is 21.3 Å². The molecule has 8 unspecified atom stereocenters. The summed E-state index contributed by atoms with van der Waals surface area (Å²) in [6, 6.07) is 0. The lowest BCUT2D eigenvalue weighted by atomic mass is 9.70. The van der Waals surface area contributed by atoms with Crippen LogP contribution in [-0.4, -0.2) is 26.3 Å². The first-order valence-electron chi connectivity index (χ1n) is 16.9. The van der Waals surface area contributed by atoms with Gasteiger partial charge in [-0.2, -0.15) is 0 Å². The van der Waals surface area contributed by atoms with Crippen molar-refractivity contribution < 1.29 is 4.74 Å². The first-order chi connectivity index (χ1) is 18.3. The minimum absolute atomic E-state index is 0.562. The Bertz CT molecular complexity index is 586. The van der Waals surface area contributed by atoms with Gasteiger partial charge in [-0.1, -0.05) is 101 Å². The zero-order valence-corrected chi connectivity index (χ0v) is 29.4. The molecule has 39 heavy (non-hydrogen) atoms. The van der Waals surface area contributed by atoms with E-state index in [0.29, 0.717) is 24.0 Å². The fraction of sp³-hybridized carbons (Fsp3) is 0.892. The predicted octanol–water partition coefficient (Wildman–Crippen LogP) is 11.2. The first kappa shape index (κ1) is 40.5. The zero-order chi connectivity index (χ0) is 30.7. The van der Waals surface area contributed by atoms with Gasteiger partial charge in [0.15, 0.2) is 0 Å². The molecule has 0 amide bonds. The molecule has 0 aromatic rings. The van der Waals surface area contributed by atoms with E-state index in [1.54, 1.807) is 0 Å². The molecule has 0 aromatic heterocycles. The molecule has 2 rings (SSSR count). The standard InChI is InChI=1S/C26H50.C7H12O.C2H7N.C2H6/c1-12-19(5)16-21(7)17-20(6)14-15-22(8)23(9)24(10)25(11)26(13-2)18(3)4;1-5-4-6-2-3-7(6)8-5;1-3-2;1-2/h12,18-21,23-26H,1,8,13-17H2,2-7,9-11H3;5-7H,2-4H2,1H3;3H,1-2H3;1-2H3/t19?,20?,21-,23?,24?,25+,26?;;;/m0.../s1. The van der Waals surface area contributed by atoms with Crippen LogP contribution >= 0.6 is 0 Å². The molecule has 1 aliphatic heterocycles. The van der Waals surface area contributed by atoms with E-state index < -0.39 is 0 Å². The zero-order valence-electron chi connectivity index (χ0n) is 29.4. The maximum Gasteiger partial charge on any atom is 0.0608 e. The summed E-state index contributed by atoms with van der Waals surface area (Å²) >= 11 is 0. The molecule has 0 spiro atoms. The summed E-state index contributed by atoms with van der Waals surface area (Å²) in [6.45, 7) is 36.1. The van der Waals surface area contributed by atoms with Gasteiger partial charge < -0.3 is 10.1 Å². The highest BCUT2D eigenvalue weighted by Gasteiger charge is 2.39. The third-order valence-electron chi connectivity index (χ3n) is 9.59. The van der Waals surface area contributed by atoms with E-state index in [2.05, 4.69) is 93.8 Å². The van der Waals surface area contributed by atoms with Gasteiger partial charge in [0.2, 0.25) is 0 Å². The number of hydrogen-bond donors (Lipinski definition) is 1. The average Bonchev–Trinajstić information content (AvgIpc) is 3.14. The van der Waals surface area contributed by atoms with Crippen LogP contribution in [0.2, 0.25) is 0 Å². The van der Waals surface area contributed by atoms with E-state index >= 15 is 0 Å². The molecular weight excluding hydrogens is 474 g/mol. The fourth-order valence-corrected chi connectivity index (χ4v) is 6.73. The molecule has 1 N–H and O–H groups in total. The van der Waals surface area contributed by atoms with Gasteiger partial charge in [0, 0.05) is 0 Å². The molecule has 1 heterocycles. The second kappa shape index (κ2) is 23.0. The summed E-state index contributed by atoms with van der Waals surface area (Å²) in [5.74, 6) is 6.89. The Morgan fingerprint density at radius 1 is 0.923 bits per heavy atom. The van der Waals surface area contributed by atoms with Gasteiger partial charge in [-0.05, 0) is 119 Å². The Kier molecular flexibility index (Phi) is 23.9. The molecule has 0 bridgehead atoms. The summed E-state index contributed by atoms with van der Waals surface area (Å²) in [6.07, 6.45) is 13.8. The third kappa shape index (κ3) is 16.4. The molecule has 2 nitrogen and oxygen atoms in total. The number of allylic oxidation sites excluding steroid dienone is 2. The lowest BCUT2D eigenvalue weighted by Crippen LogP contribution is -2.27. The lowest BCUT2D eigenvalue weighted by molar-refractivity contribution is 0.00235. The normalized spacial score (nSPS) is 24.8. The van der Waals surface area contributed by atoms with Crippen molar-refractivity contribution in [2.24, 2.45) is 53.3 Å². The van der Waals surface area contributed by atoms with Crippen LogP contribution in [-0.2, 0) is 4.74 Å². The van der Waals surface area contributed by atoms with E-state index in [9.17, 15) is 0 Å². The second-order valence-corrected chi connectivity index (χ2v) is 13.5. The van der Waals surface area contributed by atoms with Crippen LogP contribution in [0.15, 0.2) is 24.8 Å². The van der Waals surface area contributed by atoms with Crippen LogP contribution in [0.5, 0.6) is 0 Å². The Morgan fingerprint density at radius 2 is 1.49 bits per heavy atom. The second-order valence-electron chi connectivity index (χ2n) is 13.5. The molecule has 2 aliphatic rings. The van der Waals surface area contributed by atoms with Crippen molar-refractivity contribution in [3.05, 3.63) is 24.8 Å². The molecule has 10 atom stereocenters. The van der Waals surface area contributed by atoms with Crippen LogP contribution < -0.4 is 5.32 Å². The van der Waals surface area contributed by atoms with E-state index in [0.717, 1.165) is 41.4 Å². The van der Waals surface area contributed by atoms with Crippen molar-refractivity contribution in [1.82, 2.24) is 5.32 Å². The van der Waals surface area contributed by atoms with Gasteiger partial charge >= 0.3 is 0 Å². The molecule has 1 aliphatic carbocycles. The van der Waals surface area contributed by atoms with Gasteiger partial charge in [0.05, 0.1) is 12.2 Å². The smallest absolute Gasteiger partial charge is 0.0608 e. The fourth-order valence-electron chi connectivity index (χ4n) is 6.73. The van der Waals surface area contributed by atoms with Crippen molar-refractivity contribution in [3.63, 3.8) is 0 Å². The maximum atomic E-state index is 5.56. The summed E-state index contributed by atoms with van der Waals surface area (Å²) < 4.78 is 5.56. The van der Waals surface area contributed by atoms with Crippen LogP contribution in [0.1, 0.15) is 134 Å². The maximum absolute atomic E-state index is 5.56. The number of rotatable bonds is 14. The van der Waals surface area contributed by atoms with Crippen molar-refractivity contribution in [1.29, 1.82) is 0 Å². The van der Waals surface area contributed by atoms with Gasteiger partial charge in [-0.25, -0.2) is 0 Å². The molecule has 234 valence electrons. The molecule has 0 aromatic carbocycles. The molecular formula is C37H75NO. The Labute approximate surface area is 248 Å². The predicted molar refractivity (Wildman–Crippen MR) is 179 cm³/mol. The first-order valence-corrected chi connectivity index (χ1v) is 16.9. The van der Waals surface area contributed by atoms with E-state index in [1.165, 1.54) is 56.9 Å². The SMILES string of the molecule is C=CC(C)C[C@H](C)CC(C)CCC(=C)C(C)C(C)[C@@H](C)C(CC)C(C)C.CC.CC1CC2CCC2O1.CNC. The summed E-state index contributed by atoms with van der Waals surface area (Å²) in [4.78, 5) is 0.